The second kappa shape index (κ2) is 8.80. The topological polar surface area (TPSA) is 71.1 Å². The van der Waals surface area contributed by atoms with E-state index in [1.165, 1.54) is 5.56 Å². The standard InChI is InChI=1S/C22H23N3O2S/c1-14-5-8-17(9-6-14)22-24-18(13-28-22)10-11-23-20(26)21(27)25-19-12-15(2)4-7-16(19)3/h4-9,12-13H,10-11H2,1-3H3,(H,23,26)(H,25,27). The van der Waals surface area contributed by atoms with Crippen molar-refractivity contribution in [3.63, 3.8) is 0 Å². The average Bonchev–Trinajstić information content (AvgIpc) is 3.14. The summed E-state index contributed by atoms with van der Waals surface area (Å²) < 4.78 is 0. The molecule has 28 heavy (non-hydrogen) atoms. The maximum atomic E-state index is 12.1. The molecule has 3 rings (SSSR count). The smallest absolute Gasteiger partial charge is 0.313 e. The van der Waals surface area contributed by atoms with Gasteiger partial charge in [-0.1, -0.05) is 42.0 Å². The first-order chi connectivity index (χ1) is 13.4. The summed E-state index contributed by atoms with van der Waals surface area (Å²) >= 11 is 1.58. The Labute approximate surface area is 168 Å². The van der Waals surface area contributed by atoms with Crippen LogP contribution in [-0.2, 0) is 16.0 Å². The van der Waals surface area contributed by atoms with E-state index >= 15 is 0 Å². The quantitative estimate of drug-likeness (QED) is 0.643. The maximum Gasteiger partial charge on any atom is 0.313 e. The Bertz CT molecular complexity index is 993. The number of nitrogens with zero attached hydrogens (tertiary/aromatic N) is 1. The average molecular weight is 394 g/mol. The first kappa shape index (κ1) is 19.8. The van der Waals surface area contributed by atoms with Crippen LogP contribution in [0, 0.1) is 20.8 Å². The number of anilines is 1. The Morgan fingerprint density at radius 2 is 1.68 bits per heavy atom. The lowest BCUT2D eigenvalue weighted by atomic mass is 10.1. The Morgan fingerprint density at radius 1 is 0.964 bits per heavy atom. The van der Waals surface area contributed by atoms with Gasteiger partial charge in [-0.15, -0.1) is 11.3 Å². The van der Waals surface area contributed by atoms with E-state index in [0.29, 0.717) is 18.7 Å². The van der Waals surface area contributed by atoms with Crippen LogP contribution in [0.3, 0.4) is 0 Å². The van der Waals surface area contributed by atoms with E-state index in [0.717, 1.165) is 27.4 Å². The predicted octanol–water partition coefficient (Wildman–Crippen LogP) is 4.03. The molecule has 2 amide bonds. The summed E-state index contributed by atoms with van der Waals surface area (Å²) in [5.74, 6) is -1.30. The van der Waals surface area contributed by atoms with Crippen molar-refractivity contribution in [3.8, 4) is 10.6 Å². The normalized spacial score (nSPS) is 10.5. The van der Waals surface area contributed by atoms with E-state index in [-0.39, 0.29) is 0 Å². The third kappa shape index (κ3) is 5.04. The van der Waals surface area contributed by atoms with Crippen LogP contribution >= 0.6 is 11.3 Å². The molecule has 0 aliphatic rings. The summed E-state index contributed by atoms with van der Waals surface area (Å²) in [4.78, 5) is 28.8. The van der Waals surface area contributed by atoms with Crippen molar-refractivity contribution in [1.82, 2.24) is 10.3 Å². The van der Waals surface area contributed by atoms with Crippen molar-refractivity contribution in [2.45, 2.75) is 27.2 Å². The SMILES string of the molecule is Cc1ccc(-c2nc(CCNC(=O)C(=O)Nc3cc(C)ccc3C)cs2)cc1. The molecular formula is C22H23N3O2S. The zero-order chi connectivity index (χ0) is 20.1. The number of carbonyl (C=O) groups is 2. The molecule has 1 heterocycles. The largest absolute Gasteiger partial charge is 0.347 e. The van der Waals surface area contributed by atoms with Crippen LogP contribution in [0.4, 0.5) is 5.69 Å². The number of hydrogen-bond acceptors (Lipinski definition) is 4. The number of aryl methyl sites for hydroxylation is 3. The van der Waals surface area contributed by atoms with Crippen molar-refractivity contribution < 1.29 is 9.59 Å². The molecule has 0 bridgehead atoms. The summed E-state index contributed by atoms with van der Waals surface area (Å²) in [6, 6.07) is 14.0. The number of amides is 2. The molecule has 0 aliphatic heterocycles. The highest BCUT2D eigenvalue weighted by Gasteiger charge is 2.14. The fraction of sp³-hybridized carbons (Fsp3) is 0.227. The number of rotatable bonds is 5. The van der Waals surface area contributed by atoms with Gasteiger partial charge in [0.2, 0.25) is 0 Å². The molecule has 2 N–H and O–H groups in total. The lowest BCUT2D eigenvalue weighted by molar-refractivity contribution is -0.136. The van der Waals surface area contributed by atoms with E-state index < -0.39 is 11.8 Å². The van der Waals surface area contributed by atoms with Gasteiger partial charge in [0.05, 0.1) is 5.69 Å². The number of hydrogen-bond donors (Lipinski definition) is 2. The molecule has 0 saturated carbocycles. The summed E-state index contributed by atoms with van der Waals surface area (Å²) in [6.45, 7) is 6.24. The molecule has 3 aromatic rings. The minimum Gasteiger partial charge on any atom is -0.347 e. The van der Waals surface area contributed by atoms with Crippen molar-refractivity contribution in [2.24, 2.45) is 0 Å². The fourth-order valence-corrected chi connectivity index (χ4v) is 3.54. The Kier molecular flexibility index (Phi) is 6.21. The number of thiazole rings is 1. The molecule has 0 unspecified atom stereocenters. The van der Waals surface area contributed by atoms with Crippen molar-refractivity contribution >= 4 is 28.8 Å². The fourth-order valence-electron chi connectivity index (χ4n) is 2.68. The molecule has 2 aromatic carbocycles. The van der Waals surface area contributed by atoms with E-state index in [1.807, 2.05) is 37.4 Å². The molecule has 0 fully saturated rings. The van der Waals surface area contributed by atoms with Gasteiger partial charge in [0.25, 0.3) is 0 Å². The summed E-state index contributed by atoms with van der Waals surface area (Å²) in [5, 5.41) is 8.26. The van der Waals surface area contributed by atoms with Crippen LogP contribution in [0.15, 0.2) is 47.8 Å². The molecule has 5 nitrogen and oxygen atoms in total. The van der Waals surface area contributed by atoms with Crippen LogP contribution in [-0.4, -0.2) is 23.3 Å². The predicted molar refractivity (Wildman–Crippen MR) is 114 cm³/mol. The zero-order valence-electron chi connectivity index (χ0n) is 16.2. The van der Waals surface area contributed by atoms with Crippen LogP contribution < -0.4 is 10.6 Å². The molecule has 0 atom stereocenters. The minimum atomic E-state index is -0.660. The van der Waals surface area contributed by atoms with Crippen LogP contribution in [0.2, 0.25) is 0 Å². The Hall–Kier alpha value is -2.99. The van der Waals surface area contributed by atoms with Gasteiger partial charge in [-0.05, 0) is 38.0 Å². The van der Waals surface area contributed by atoms with Gasteiger partial charge >= 0.3 is 11.8 Å². The molecule has 1 aromatic heterocycles. The molecule has 0 aliphatic carbocycles. The molecule has 144 valence electrons. The monoisotopic (exact) mass is 393 g/mol. The third-order valence-electron chi connectivity index (χ3n) is 4.36. The van der Waals surface area contributed by atoms with Gasteiger partial charge < -0.3 is 10.6 Å². The van der Waals surface area contributed by atoms with Gasteiger partial charge in [-0.25, -0.2) is 4.98 Å². The van der Waals surface area contributed by atoms with Gasteiger partial charge in [0, 0.05) is 29.6 Å². The highest BCUT2D eigenvalue weighted by Crippen LogP contribution is 2.24. The molecule has 6 heteroatoms. The lowest BCUT2D eigenvalue weighted by Gasteiger charge is -2.09. The maximum absolute atomic E-state index is 12.1. The van der Waals surface area contributed by atoms with Crippen molar-refractivity contribution in [2.75, 3.05) is 11.9 Å². The van der Waals surface area contributed by atoms with Crippen LogP contribution in [0.5, 0.6) is 0 Å². The van der Waals surface area contributed by atoms with E-state index in [2.05, 4.69) is 46.8 Å². The molecular weight excluding hydrogens is 370 g/mol. The van der Waals surface area contributed by atoms with Crippen LogP contribution in [0.25, 0.3) is 10.6 Å². The number of nitrogens with one attached hydrogen (secondary N) is 2. The Balaban J connectivity index is 1.50. The highest BCUT2D eigenvalue weighted by atomic mass is 32.1. The first-order valence-electron chi connectivity index (χ1n) is 9.10. The van der Waals surface area contributed by atoms with E-state index in [9.17, 15) is 9.59 Å². The second-order valence-electron chi connectivity index (χ2n) is 6.79. The summed E-state index contributed by atoms with van der Waals surface area (Å²) in [5.41, 5.74) is 5.78. The van der Waals surface area contributed by atoms with Crippen LogP contribution in [0.1, 0.15) is 22.4 Å². The number of benzene rings is 2. The van der Waals surface area contributed by atoms with Gasteiger partial charge in [0.1, 0.15) is 5.01 Å². The van der Waals surface area contributed by atoms with Gasteiger partial charge in [0.15, 0.2) is 0 Å². The minimum absolute atomic E-state index is 0.357. The summed E-state index contributed by atoms with van der Waals surface area (Å²) in [7, 11) is 0. The second-order valence-corrected chi connectivity index (χ2v) is 7.65. The number of carbonyl (C=O) groups excluding carboxylic acids is 2. The first-order valence-corrected chi connectivity index (χ1v) is 9.98. The van der Waals surface area contributed by atoms with Crippen molar-refractivity contribution in [1.29, 1.82) is 0 Å². The number of aromatic nitrogens is 1. The molecule has 0 radical (unpaired) electrons. The van der Waals surface area contributed by atoms with Gasteiger partial charge in [-0.2, -0.15) is 0 Å². The third-order valence-corrected chi connectivity index (χ3v) is 5.30. The molecule has 0 saturated heterocycles. The molecule has 0 spiro atoms. The van der Waals surface area contributed by atoms with Gasteiger partial charge in [-0.3, -0.25) is 9.59 Å². The lowest BCUT2D eigenvalue weighted by Crippen LogP contribution is -2.36. The Morgan fingerprint density at radius 3 is 2.43 bits per heavy atom. The highest BCUT2D eigenvalue weighted by molar-refractivity contribution is 7.13. The summed E-state index contributed by atoms with van der Waals surface area (Å²) in [6.07, 6.45) is 0.574. The van der Waals surface area contributed by atoms with E-state index in [4.69, 9.17) is 0 Å². The zero-order valence-corrected chi connectivity index (χ0v) is 17.0. The van der Waals surface area contributed by atoms with Crippen molar-refractivity contribution in [3.05, 3.63) is 70.2 Å². The van der Waals surface area contributed by atoms with E-state index in [1.54, 1.807) is 11.3 Å².